The Bertz CT molecular complexity index is 629. The van der Waals surface area contributed by atoms with Crippen LogP contribution in [-0.4, -0.2) is 36.3 Å². The van der Waals surface area contributed by atoms with E-state index in [4.69, 9.17) is 10.3 Å². The van der Waals surface area contributed by atoms with Crippen molar-refractivity contribution < 1.29 is 19.4 Å². The second-order valence-electron chi connectivity index (χ2n) is 4.98. The second-order valence-corrected chi connectivity index (χ2v) is 4.98. The number of aliphatic hydroxyl groups is 1. The lowest BCUT2D eigenvalue weighted by Gasteiger charge is -2.43. The predicted molar refractivity (Wildman–Crippen MR) is 79.9 cm³/mol. The van der Waals surface area contributed by atoms with Crippen molar-refractivity contribution in [3.05, 3.63) is 46.3 Å². The smallest absolute Gasteiger partial charge is 0.317 e. The van der Waals surface area contributed by atoms with Gasteiger partial charge in [0.25, 0.3) is 0 Å². The highest BCUT2D eigenvalue weighted by molar-refractivity contribution is 5.83. The van der Waals surface area contributed by atoms with Gasteiger partial charge in [0.2, 0.25) is 0 Å². The van der Waals surface area contributed by atoms with Crippen LogP contribution < -0.4 is 10.6 Å². The van der Waals surface area contributed by atoms with Gasteiger partial charge in [-0.2, -0.15) is 0 Å². The summed E-state index contributed by atoms with van der Waals surface area (Å²) in [4.78, 5) is 26.9. The minimum atomic E-state index is -1.97. The van der Waals surface area contributed by atoms with E-state index in [1.807, 2.05) is 0 Å². The van der Waals surface area contributed by atoms with Crippen LogP contribution in [0, 0.1) is 5.92 Å². The van der Waals surface area contributed by atoms with Crippen LogP contribution >= 0.6 is 0 Å². The summed E-state index contributed by atoms with van der Waals surface area (Å²) in [7, 11) is 0. The first-order valence-electron chi connectivity index (χ1n) is 7.07. The van der Waals surface area contributed by atoms with Crippen molar-refractivity contribution in [2.75, 3.05) is 13.2 Å². The van der Waals surface area contributed by atoms with E-state index in [2.05, 4.69) is 20.7 Å². The topological polar surface area (TPSA) is 136 Å². The van der Waals surface area contributed by atoms with E-state index in [1.54, 1.807) is 37.3 Å². The summed E-state index contributed by atoms with van der Waals surface area (Å²) >= 11 is 0. The van der Waals surface area contributed by atoms with E-state index in [-0.39, 0.29) is 13.2 Å². The quantitative estimate of drug-likeness (QED) is 0.323. The van der Waals surface area contributed by atoms with Crippen LogP contribution in [0.2, 0.25) is 0 Å². The van der Waals surface area contributed by atoms with Gasteiger partial charge in [0.15, 0.2) is 5.72 Å². The largest absolute Gasteiger partial charge is 0.466 e. The van der Waals surface area contributed by atoms with Crippen LogP contribution in [0.3, 0.4) is 0 Å². The Balaban J connectivity index is 2.48. The lowest BCUT2D eigenvalue weighted by atomic mass is 9.81. The molecule has 9 heteroatoms. The second kappa shape index (κ2) is 6.99. The molecule has 1 aliphatic heterocycles. The first kappa shape index (κ1) is 16.6. The standard InChI is InChI=1S/C14H17N5O4/c1-2-23-12(20)11-10(8-16-19-15)17-13(21)18-14(11,22)9-6-4-3-5-7-9/h3-7,10-11,22H,2,8H2,1H3,(H2,17,18,21). The predicted octanol–water partition coefficient (Wildman–Crippen LogP) is 1.00. The average molecular weight is 319 g/mol. The van der Waals surface area contributed by atoms with Gasteiger partial charge in [0.05, 0.1) is 12.6 Å². The van der Waals surface area contributed by atoms with Crippen molar-refractivity contribution in [2.45, 2.75) is 18.7 Å². The van der Waals surface area contributed by atoms with Gasteiger partial charge in [-0.1, -0.05) is 35.4 Å². The Hall–Kier alpha value is -2.77. The monoisotopic (exact) mass is 319 g/mol. The number of rotatable bonds is 5. The summed E-state index contributed by atoms with van der Waals surface area (Å²) in [6.07, 6.45) is 0. The lowest BCUT2D eigenvalue weighted by molar-refractivity contribution is -0.165. The van der Waals surface area contributed by atoms with Gasteiger partial charge < -0.3 is 20.5 Å². The lowest BCUT2D eigenvalue weighted by Crippen LogP contribution is -2.69. The molecular weight excluding hydrogens is 302 g/mol. The van der Waals surface area contributed by atoms with Gasteiger partial charge in [-0.3, -0.25) is 4.79 Å². The number of azide groups is 1. The molecule has 0 aromatic heterocycles. The molecule has 1 heterocycles. The Kier molecular flexibility index (Phi) is 5.05. The fourth-order valence-corrected chi connectivity index (χ4v) is 2.62. The molecule has 0 saturated carbocycles. The third-order valence-corrected chi connectivity index (χ3v) is 3.57. The molecule has 1 fully saturated rings. The van der Waals surface area contributed by atoms with Crippen LogP contribution in [0.25, 0.3) is 10.4 Å². The molecule has 9 nitrogen and oxygen atoms in total. The maximum absolute atomic E-state index is 12.4. The third kappa shape index (κ3) is 3.36. The van der Waals surface area contributed by atoms with Crippen LogP contribution in [0.1, 0.15) is 12.5 Å². The van der Waals surface area contributed by atoms with E-state index >= 15 is 0 Å². The highest BCUT2D eigenvalue weighted by Crippen LogP contribution is 2.33. The van der Waals surface area contributed by atoms with E-state index in [0.29, 0.717) is 5.56 Å². The molecule has 0 spiro atoms. The van der Waals surface area contributed by atoms with E-state index < -0.39 is 29.7 Å². The Morgan fingerprint density at radius 1 is 1.48 bits per heavy atom. The molecule has 122 valence electrons. The maximum Gasteiger partial charge on any atom is 0.317 e. The SMILES string of the molecule is CCOC(=O)C1C(CN=[N+]=[N-])NC(=O)NC1(O)c1ccccc1. The zero-order chi connectivity index (χ0) is 16.9. The zero-order valence-corrected chi connectivity index (χ0v) is 12.5. The average Bonchev–Trinajstić information content (AvgIpc) is 2.53. The molecule has 2 amide bonds. The van der Waals surface area contributed by atoms with Gasteiger partial charge in [-0.05, 0) is 12.5 Å². The van der Waals surface area contributed by atoms with Crippen molar-refractivity contribution >= 4 is 12.0 Å². The Morgan fingerprint density at radius 3 is 2.78 bits per heavy atom. The molecular formula is C14H17N5O4. The van der Waals surface area contributed by atoms with Gasteiger partial charge in [-0.25, -0.2) is 4.79 Å². The van der Waals surface area contributed by atoms with E-state index in [0.717, 1.165) is 0 Å². The molecule has 1 aromatic rings. The molecule has 2 rings (SSSR count). The van der Waals surface area contributed by atoms with Gasteiger partial charge in [-0.15, -0.1) is 0 Å². The van der Waals surface area contributed by atoms with Crippen LogP contribution in [0.15, 0.2) is 35.4 Å². The van der Waals surface area contributed by atoms with E-state index in [1.165, 1.54) is 0 Å². The highest BCUT2D eigenvalue weighted by Gasteiger charge is 2.53. The minimum absolute atomic E-state index is 0.113. The van der Waals surface area contributed by atoms with Gasteiger partial charge in [0, 0.05) is 17.0 Å². The summed E-state index contributed by atoms with van der Waals surface area (Å²) in [5.41, 5.74) is 6.85. The van der Waals surface area contributed by atoms with E-state index in [9.17, 15) is 14.7 Å². The summed E-state index contributed by atoms with van der Waals surface area (Å²) in [5, 5.41) is 19.3. The number of carbonyl (C=O) groups is 2. The number of carbonyl (C=O) groups excluding carboxylic acids is 2. The Morgan fingerprint density at radius 2 is 2.17 bits per heavy atom. The molecule has 3 atom stereocenters. The summed E-state index contributed by atoms with van der Waals surface area (Å²) in [6.45, 7) is 1.56. The maximum atomic E-state index is 12.4. The number of hydrogen-bond acceptors (Lipinski definition) is 5. The molecule has 0 bridgehead atoms. The van der Waals surface area contributed by atoms with Crippen molar-refractivity contribution in [3.8, 4) is 0 Å². The number of esters is 1. The summed E-state index contributed by atoms with van der Waals surface area (Å²) in [5.74, 6) is -1.88. The molecule has 1 saturated heterocycles. The fourth-order valence-electron chi connectivity index (χ4n) is 2.62. The number of benzene rings is 1. The van der Waals surface area contributed by atoms with Crippen molar-refractivity contribution in [1.29, 1.82) is 0 Å². The molecule has 23 heavy (non-hydrogen) atoms. The molecule has 1 aliphatic rings. The minimum Gasteiger partial charge on any atom is -0.466 e. The zero-order valence-electron chi connectivity index (χ0n) is 12.5. The molecule has 0 aliphatic carbocycles. The van der Waals surface area contributed by atoms with Crippen LogP contribution in [-0.2, 0) is 15.3 Å². The van der Waals surface area contributed by atoms with Crippen LogP contribution in [0.5, 0.6) is 0 Å². The Labute approximate surface area is 132 Å². The normalized spacial score (nSPS) is 26.4. The van der Waals surface area contributed by atoms with Gasteiger partial charge in [0.1, 0.15) is 5.92 Å². The summed E-state index contributed by atoms with van der Waals surface area (Å²) in [6, 6.07) is 6.69. The first-order valence-corrected chi connectivity index (χ1v) is 7.07. The first-order chi connectivity index (χ1) is 11.0. The van der Waals surface area contributed by atoms with Gasteiger partial charge >= 0.3 is 12.0 Å². The number of nitrogens with one attached hydrogen (secondary N) is 2. The van der Waals surface area contributed by atoms with Crippen molar-refractivity contribution in [3.63, 3.8) is 0 Å². The number of hydrogen-bond donors (Lipinski definition) is 3. The molecule has 1 aromatic carbocycles. The number of ether oxygens (including phenoxy) is 1. The molecule has 0 radical (unpaired) electrons. The number of nitrogens with zero attached hydrogens (tertiary/aromatic N) is 3. The van der Waals surface area contributed by atoms with Crippen LogP contribution in [0.4, 0.5) is 4.79 Å². The third-order valence-electron chi connectivity index (χ3n) is 3.57. The summed E-state index contributed by atoms with van der Waals surface area (Å²) < 4.78 is 5.02. The number of amides is 2. The van der Waals surface area contributed by atoms with Crippen molar-refractivity contribution in [2.24, 2.45) is 11.0 Å². The van der Waals surface area contributed by atoms with Crippen molar-refractivity contribution in [1.82, 2.24) is 10.6 Å². The fraction of sp³-hybridized carbons (Fsp3) is 0.429. The molecule has 3 N–H and O–H groups in total. The highest BCUT2D eigenvalue weighted by atomic mass is 16.5. The molecule has 3 unspecified atom stereocenters. The number of urea groups is 1.